The molecule has 0 fully saturated rings. The van der Waals surface area contributed by atoms with E-state index in [9.17, 15) is 9.18 Å². The van der Waals surface area contributed by atoms with Gasteiger partial charge in [0.1, 0.15) is 0 Å². The van der Waals surface area contributed by atoms with Crippen LogP contribution in [0.1, 0.15) is 10.4 Å². The molecule has 0 heterocycles. The summed E-state index contributed by atoms with van der Waals surface area (Å²) in [6.07, 6.45) is 0. The van der Waals surface area contributed by atoms with Gasteiger partial charge in [-0.2, -0.15) is 0 Å². The van der Waals surface area contributed by atoms with E-state index < -0.39 is 5.82 Å². The fourth-order valence-corrected chi connectivity index (χ4v) is 1.80. The first-order valence-electron chi connectivity index (χ1n) is 6.28. The quantitative estimate of drug-likeness (QED) is 0.767. The Morgan fingerprint density at radius 1 is 1.00 bits per heavy atom. The Morgan fingerprint density at radius 3 is 2.29 bits per heavy atom. The average Bonchev–Trinajstić information content (AvgIpc) is 2.52. The Hall–Kier alpha value is -2.56. The predicted molar refractivity (Wildman–Crippen MR) is 75.8 cm³/mol. The van der Waals surface area contributed by atoms with Crippen molar-refractivity contribution < 1.29 is 23.4 Å². The number of carbonyl (C=O) groups excluding carboxylic acids is 1. The summed E-state index contributed by atoms with van der Waals surface area (Å²) in [6.45, 7) is -0.202. The standard InChI is InChI=1S/C16H15FO4/c1-19-14-8-7-11(9-12(14)17)13(18)10-21-16-6-4-3-5-15(16)20-2/h3-9H,10H2,1-2H3. The zero-order valence-corrected chi connectivity index (χ0v) is 11.8. The van der Waals surface area contributed by atoms with Gasteiger partial charge in [0.2, 0.25) is 0 Å². The predicted octanol–water partition coefficient (Wildman–Crippen LogP) is 3.10. The number of carbonyl (C=O) groups is 1. The van der Waals surface area contributed by atoms with Gasteiger partial charge in [0, 0.05) is 5.56 Å². The molecule has 0 saturated heterocycles. The van der Waals surface area contributed by atoms with Gasteiger partial charge in [-0.15, -0.1) is 0 Å². The first-order valence-corrected chi connectivity index (χ1v) is 6.28. The Labute approximate surface area is 122 Å². The first kappa shape index (κ1) is 14.8. The van der Waals surface area contributed by atoms with E-state index in [1.807, 2.05) is 0 Å². The number of ketones is 1. The number of ether oxygens (including phenoxy) is 3. The number of rotatable bonds is 6. The third-order valence-corrected chi connectivity index (χ3v) is 2.90. The molecule has 0 aliphatic carbocycles. The molecule has 2 rings (SSSR count). The highest BCUT2D eigenvalue weighted by Crippen LogP contribution is 2.26. The molecule has 4 nitrogen and oxygen atoms in total. The van der Waals surface area contributed by atoms with Gasteiger partial charge in [-0.05, 0) is 30.3 Å². The van der Waals surface area contributed by atoms with E-state index in [4.69, 9.17) is 14.2 Å². The number of benzene rings is 2. The summed E-state index contributed by atoms with van der Waals surface area (Å²) in [7, 11) is 2.88. The largest absolute Gasteiger partial charge is 0.494 e. The van der Waals surface area contributed by atoms with Gasteiger partial charge < -0.3 is 14.2 Å². The summed E-state index contributed by atoms with van der Waals surface area (Å²) in [5.74, 6) is 0.175. The van der Waals surface area contributed by atoms with E-state index >= 15 is 0 Å². The smallest absolute Gasteiger partial charge is 0.200 e. The molecule has 0 radical (unpaired) electrons. The molecule has 0 aliphatic heterocycles. The van der Waals surface area contributed by atoms with Crippen LogP contribution in [0.25, 0.3) is 0 Å². The molecule has 110 valence electrons. The molecule has 2 aromatic rings. The molecule has 0 aliphatic rings. The zero-order valence-electron chi connectivity index (χ0n) is 11.8. The van der Waals surface area contributed by atoms with Crippen LogP contribution in [-0.4, -0.2) is 26.6 Å². The van der Waals surface area contributed by atoms with Crippen molar-refractivity contribution >= 4 is 5.78 Å². The van der Waals surface area contributed by atoms with Crippen LogP contribution in [0.3, 0.4) is 0 Å². The Kier molecular flexibility index (Phi) is 4.77. The normalized spacial score (nSPS) is 10.0. The van der Waals surface area contributed by atoms with Crippen LogP contribution in [0.15, 0.2) is 42.5 Å². The third kappa shape index (κ3) is 3.51. The Morgan fingerprint density at radius 2 is 1.67 bits per heavy atom. The van der Waals surface area contributed by atoms with Gasteiger partial charge in [-0.25, -0.2) is 4.39 Å². The summed E-state index contributed by atoms with van der Waals surface area (Å²) in [5.41, 5.74) is 0.225. The molecule has 0 bridgehead atoms. The van der Waals surface area contributed by atoms with Crippen molar-refractivity contribution in [1.29, 1.82) is 0 Å². The van der Waals surface area contributed by atoms with E-state index in [-0.39, 0.29) is 23.7 Å². The minimum absolute atomic E-state index is 0.0946. The van der Waals surface area contributed by atoms with Crippen LogP contribution in [0.4, 0.5) is 4.39 Å². The second-order valence-corrected chi connectivity index (χ2v) is 4.21. The van der Waals surface area contributed by atoms with Crippen LogP contribution < -0.4 is 14.2 Å². The first-order chi connectivity index (χ1) is 10.2. The lowest BCUT2D eigenvalue weighted by Crippen LogP contribution is -2.12. The van der Waals surface area contributed by atoms with Gasteiger partial charge in [0.15, 0.2) is 35.5 Å². The molecular formula is C16H15FO4. The number of hydrogen-bond acceptors (Lipinski definition) is 4. The summed E-state index contributed by atoms with van der Waals surface area (Å²) < 4.78 is 28.9. The van der Waals surface area contributed by atoms with E-state index in [1.165, 1.54) is 26.4 Å². The molecule has 0 N–H and O–H groups in total. The Balaban J connectivity index is 2.06. The maximum absolute atomic E-state index is 13.6. The van der Waals surface area contributed by atoms with Crippen LogP contribution >= 0.6 is 0 Å². The Bertz CT molecular complexity index is 640. The fraction of sp³-hybridized carbons (Fsp3) is 0.188. The molecule has 0 aromatic heterocycles. The molecule has 5 heteroatoms. The maximum atomic E-state index is 13.6. The van der Waals surface area contributed by atoms with E-state index in [0.29, 0.717) is 11.5 Å². The zero-order chi connectivity index (χ0) is 15.2. The SMILES string of the molecule is COc1ccc(C(=O)COc2ccccc2OC)cc1F. The number of para-hydroxylation sites is 2. The summed E-state index contributed by atoms with van der Waals surface area (Å²) in [4.78, 5) is 12.0. The third-order valence-electron chi connectivity index (χ3n) is 2.90. The summed E-state index contributed by atoms with van der Waals surface area (Å²) in [6, 6.07) is 11.0. The van der Waals surface area contributed by atoms with Crippen molar-refractivity contribution in [2.24, 2.45) is 0 Å². The lowest BCUT2D eigenvalue weighted by atomic mass is 10.1. The summed E-state index contributed by atoms with van der Waals surface area (Å²) >= 11 is 0. The molecule has 0 spiro atoms. The van der Waals surface area contributed by atoms with Crippen molar-refractivity contribution in [3.8, 4) is 17.2 Å². The molecule has 21 heavy (non-hydrogen) atoms. The van der Waals surface area contributed by atoms with Crippen molar-refractivity contribution in [3.05, 3.63) is 53.8 Å². The monoisotopic (exact) mass is 290 g/mol. The molecular weight excluding hydrogens is 275 g/mol. The van der Waals surface area contributed by atoms with Gasteiger partial charge >= 0.3 is 0 Å². The molecule has 0 unspecified atom stereocenters. The van der Waals surface area contributed by atoms with Gasteiger partial charge in [-0.3, -0.25) is 4.79 Å². The van der Waals surface area contributed by atoms with Crippen LogP contribution in [0.2, 0.25) is 0 Å². The maximum Gasteiger partial charge on any atom is 0.200 e. The van der Waals surface area contributed by atoms with Crippen molar-refractivity contribution in [2.75, 3.05) is 20.8 Å². The van der Waals surface area contributed by atoms with Crippen LogP contribution in [-0.2, 0) is 0 Å². The minimum Gasteiger partial charge on any atom is -0.494 e. The topological polar surface area (TPSA) is 44.8 Å². The second kappa shape index (κ2) is 6.74. The van der Waals surface area contributed by atoms with Gasteiger partial charge in [-0.1, -0.05) is 12.1 Å². The van der Waals surface area contributed by atoms with Crippen molar-refractivity contribution in [2.45, 2.75) is 0 Å². The highest BCUT2D eigenvalue weighted by Gasteiger charge is 2.12. The van der Waals surface area contributed by atoms with E-state index in [0.717, 1.165) is 6.07 Å². The number of Topliss-reactive ketones (excluding diaryl/α,β-unsaturated/α-hetero) is 1. The fourth-order valence-electron chi connectivity index (χ4n) is 1.80. The molecule has 0 saturated carbocycles. The van der Waals surface area contributed by atoms with Crippen molar-refractivity contribution in [3.63, 3.8) is 0 Å². The van der Waals surface area contributed by atoms with Crippen LogP contribution in [0, 0.1) is 5.82 Å². The molecule has 0 amide bonds. The lowest BCUT2D eigenvalue weighted by Gasteiger charge is -2.10. The van der Waals surface area contributed by atoms with Gasteiger partial charge in [0.05, 0.1) is 14.2 Å². The molecule has 2 aromatic carbocycles. The van der Waals surface area contributed by atoms with Crippen LogP contribution in [0.5, 0.6) is 17.2 Å². The number of hydrogen-bond donors (Lipinski definition) is 0. The molecule has 0 atom stereocenters. The second-order valence-electron chi connectivity index (χ2n) is 4.21. The highest BCUT2D eigenvalue weighted by molar-refractivity contribution is 5.97. The van der Waals surface area contributed by atoms with E-state index in [1.54, 1.807) is 24.3 Å². The van der Waals surface area contributed by atoms with E-state index in [2.05, 4.69) is 0 Å². The number of methoxy groups -OCH3 is 2. The van der Waals surface area contributed by atoms with Crippen molar-refractivity contribution in [1.82, 2.24) is 0 Å². The lowest BCUT2D eigenvalue weighted by molar-refractivity contribution is 0.0919. The average molecular weight is 290 g/mol. The van der Waals surface area contributed by atoms with Gasteiger partial charge in [0.25, 0.3) is 0 Å². The highest BCUT2D eigenvalue weighted by atomic mass is 19.1. The minimum atomic E-state index is -0.583. The number of halogens is 1. The summed E-state index contributed by atoms with van der Waals surface area (Å²) in [5, 5.41) is 0.